The maximum absolute atomic E-state index is 13.0. The number of carbonyl (C=O) groups excluding carboxylic acids is 1. The van der Waals surface area contributed by atoms with E-state index in [0.29, 0.717) is 23.7 Å². The molecule has 0 aromatic heterocycles. The number of nitrogens with zero attached hydrogens (tertiary/aromatic N) is 1. The Morgan fingerprint density at radius 3 is 2.16 bits per heavy atom. The first-order valence-electron chi connectivity index (χ1n) is 6.31. The monoisotopic (exact) mass is 287 g/mol. The van der Waals surface area contributed by atoms with E-state index in [9.17, 15) is 26.7 Å². The molecule has 2 nitrogen and oxygen atoms in total. The average Bonchev–Trinajstić information content (AvgIpc) is 2.51. The van der Waals surface area contributed by atoms with Gasteiger partial charge in [0.2, 0.25) is 0 Å². The van der Waals surface area contributed by atoms with E-state index in [1.807, 2.05) is 13.8 Å². The van der Waals surface area contributed by atoms with Gasteiger partial charge in [-0.15, -0.1) is 0 Å². The van der Waals surface area contributed by atoms with Crippen LogP contribution in [0.3, 0.4) is 0 Å². The minimum atomic E-state index is -5.83. The lowest BCUT2D eigenvalue weighted by Gasteiger charge is -2.27. The fourth-order valence-electron chi connectivity index (χ4n) is 2.31. The van der Waals surface area contributed by atoms with Gasteiger partial charge in [-0.2, -0.15) is 22.0 Å². The maximum Gasteiger partial charge on any atom is 0.463 e. The van der Waals surface area contributed by atoms with Gasteiger partial charge in [0.25, 0.3) is 0 Å². The zero-order valence-electron chi connectivity index (χ0n) is 10.9. The summed E-state index contributed by atoms with van der Waals surface area (Å²) < 4.78 is 62.4. The molecule has 1 amide bonds. The molecular weight excluding hydrogens is 269 g/mol. The largest absolute Gasteiger partial charge is 0.463 e. The van der Waals surface area contributed by atoms with Crippen molar-refractivity contribution in [1.82, 2.24) is 4.90 Å². The number of hydrogen-bond acceptors (Lipinski definition) is 1. The second-order valence-electron chi connectivity index (χ2n) is 5.30. The minimum Gasteiger partial charge on any atom is -0.337 e. The Balaban J connectivity index is 2.74. The maximum atomic E-state index is 13.0. The third-order valence-corrected chi connectivity index (χ3v) is 3.63. The second kappa shape index (κ2) is 5.63. The topological polar surface area (TPSA) is 20.3 Å². The van der Waals surface area contributed by atoms with Gasteiger partial charge in [0.15, 0.2) is 0 Å². The van der Waals surface area contributed by atoms with Gasteiger partial charge >= 0.3 is 18.0 Å². The van der Waals surface area contributed by atoms with E-state index in [1.54, 1.807) is 0 Å². The minimum absolute atomic E-state index is 0.0340. The standard InChI is InChI=1S/C12H18F5NO/c1-8(2)9-4-3-6-18(7-5-9)10(19)11(13,14)12(15,16)17/h8-9H,3-7H2,1-2H3. The molecule has 1 saturated heterocycles. The van der Waals surface area contributed by atoms with Gasteiger partial charge in [-0.25, -0.2) is 0 Å². The van der Waals surface area contributed by atoms with Crippen LogP contribution in [0, 0.1) is 11.8 Å². The molecule has 0 N–H and O–H groups in total. The van der Waals surface area contributed by atoms with Crippen molar-refractivity contribution in [2.45, 2.75) is 45.2 Å². The first-order valence-corrected chi connectivity index (χ1v) is 6.31. The van der Waals surface area contributed by atoms with Crippen molar-refractivity contribution in [3.05, 3.63) is 0 Å². The molecule has 1 atom stereocenters. The van der Waals surface area contributed by atoms with Crippen molar-refractivity contribution in [3.63, 3.8) is 0 Å². The highest BCUT2D eigenvalue weighted by atomic mass is 19.4. The Kier molecular flexibility index (Phi) is 4.79. The predicted molar refractivity (Wildman–Crippen MR) is 59.8 cm³/mol. The molecule has 7 heteroatoms. The van der Waals surface area contributed by atoms with E-state index in [1.165, 1.54) is 0 Å². The fraction of sp³-hybridized carbons (Fsp3) is 0.917. The lowest BCUT2D eigenvalue weighted by molar-refractivity contribution is -0.274. The molecule has 19 heavy (non-hydrogen) atoms. The summed E-state index contributed by atoms with van der Waals surface area (Å²) in [5, 5.41) is 0. The van der Waals surface area contributed by atoms with Crippen molar-refractivity contribution >= 4 is 5.91 Å². The van der Waals surface area contributed by atoms with Crippen LogP contribution in [-0.4, -0.2) is 36.0 Å². The van der Waals surface area contributed by atoms with E-state index >= 15 is 0 Å². The molecule has 0 bridgehead atoms. The number of rotatable bonds is 2. The van der Waals surface area contributed by atoms with Gasteiger partial charge in [0.1, 0.15) is 0 Å². The van der Waals surface area contributed by atoms with Gasteiger partial charge in [-0.3, -0.25) is 4.79 Å². The zero-order valence-corrected chi connectivity index (χ0v) is 10.9. The van der Waals surface area contributed by atoms with Crippen LogP contribution >= 0.6 is 0 Å². The van der Waals surface area contributed by atoms with Gasteiger partial charge in [-0.05, 0) is 31.1 Å². The summed E-state index contributed by atoms with van der Waals surface area (Å²) in [4.78, 5) is 12.0. The summed E-state index contributed by atoms with van der Waals surface area (Å²) in [5.74, 6) is -6.81. The van der Waals surface area contributed by atoms with Crippen LogP contribution in [-0.2, 0) is 4.79 Å². The number of likely N-dealkylation sites (tertiary alicyclic amines) is 1. The van der Waals surface area contributed by atoms with Crippen molar-refractivity contribution in [1.29, 1.82) is 0 Å². The van der Waals surface area contributed by atoms with Gasteiger partial charge in [0, 0.05) is 13.1 Å². The Morgan fingerprint density at radius 1 is 1.11 bits per heavy atom. The smallest absolute Gasteiger partial charge is 0.337 e. The summed E-state index contributed by atoms with van der Waals surface area (Å²) in [5.41, 5.74) is 0. The predicted octanol–water partition coefficient (Wildman–Crippen LogP) is 3.47. The van der Waals surface area contributed by atoms with Crippen LogP contribution in [0.2, 0.25) is 0 Å². The number of halogens is 5. The normalized spacial score (nSPS) is 22.5. The fourth-order valence-corrected chi connectivity index (χ4v) is 2.31. The Hall–Kier alpha value is -0.880. The van der Waals surface area contributed by atoms with Crippen LogP contribution in [0.1, 0.15) is 33.1 Å². The van der Waals surface area contributed by atoms with Crippen LogP contribution < -0.4 is 0 Å². The van der Waals surface area contributed by atoms with Crippen molar-refractivity contribution in [3.8, 4) is 0 Å². The molecule has 0 saturated carbocycles. The molecule has 1 fully saturated rings. The molecule has 0 aromatic rings. The third kappa shape index (κ3) is 3.57. The Labute approximate surface area is 108 Å². The lowest BCUT2D eigenvalue weighted by Crippen LogP contribution is -2.52. The van der Waals surface area contributed by atoms with Crippen LogP contribution in [0.25, 0.3) is 0 Å². The average molecular weight is 287 g/mol. The molecular formula is C12H18F5NO. The van der Waals surface area contributed by atoms with Crippen molar-refractivity contribution in [2.75, 3.05) is 13.1 Å². The van der Waals surface area contributed by atoms with Crippen molar-refractivity contribution in [2.24, 2.45) is 11.8 Å². The summed E-state index contributed by atoms with van der Waals surface area (Å²) in [6, 6.07) is 0. The highest BCUT2D eigenvalue weighted by molar-refractivity contribution is 5.84. The SMILES string of the molecule is CC(C)C1CCCN(C(=O)C(F)(F)C(F)(F)F)CC1. The highest BCUT2D eigenvalue weighted by Gasteiger charge is 2.64. The van der Waals surface area contributed by atoms with Crippen LogP contribution in [0.4, 0.5) is 22.0 Å². The highest BCUT2D eigenvalue weighted by Crippen LogP contribution is 2.37. The van der Waals surface area contributed by atoms with E-state index in [0.717, 1.165) is 6.42 Å². The van der Waals surface area contributed by atoms with E-state index in [-0.39, 0.29) is 19.0 Å². The summed E-state index contributed by atoms with van der Waals surface area (Å²) in [7, 11) is 0. The van der Waals surface area contributed by atoms with Gasteiger partial charge < -0.3 is 4.90 Å². The molecule has 0 spiro atoms. The number of amides is 1. The molecule has 0 radical (unpaired) electrons. The Bertz CT molecular complexity index is 327. The van der Waals surface area contributed by atoms with Gasteiger partial charge in [0.05, 0.1) is 0 Å². The molecule has 1 heterocycles. The molecule has 0 aromatic carbocycles. The molecule has 0 aliphatic carbocycles. The number of alkyl halides is 5. The van der Waals surface area contributed by atoms with Crippen molar-refractivity contribution < 1.29 is 26.7 Å². The number of hydrogen-bond donors (Lipinski definition) is 0. The van der Waals surface area contributed by atoms with E-state index in [2.05, 4.69) is 0 Å². The summed E-state index contributed by atoms with van der Waals surface area (Å²) >= 11 is 0. The van der Waals surface area contributed by atoms with Crippen LogP contribution in [0.15, 0.2) is 0 Å². The molecule has 1 aliphatic heterocycles. The van der Waals surface area contributed by atoms with Crippen LogP contribution in [0.5, 0.6) is 0 Å². The molecule has 1 aliphatic rings. The summed E-state index contributed by atoms with van der Waals surface area (Å²) in [6.45, 7) is 3.89. The molecule has 112 valence electrons. The first kappa shape index (κ1) is 16.2. The lowest BCUT2D eigenvalue weighted by atomic mass is 9.89. The summed E-state index contributed by atoms with van der Waals surface area (Å²) in [6.07, 6.45) is -4.15. The van der Waals surface area contributed by atoms with E-state index in [4.69, 9.17) is 0 Å². The first-order chi connectivity index (χ1) is 8.57. The molecule has 1 unspecified atom stereocenters. The molecule has 1 rings (SSSR count). The third-order valence-electron chi connectivity index (χ3n) is 3.63. The Morgan fingerprint density at radius 2 is 1.68 bits per heavy atom. The number of carbonyl (C=O) groups is 1. The quantitative estimate of drug-likeness (QED) is 0.712. The van der Waals surface area contributed by atoms with E-state index < -0.39 is 18.0 Å². The van der Waals surface area contributed by atoms with Gasteiger partial charge in [-0.1, -0.05) is 13.8 Å². The second-order valence-corrected chi connectivity index (χ2v) is 5.30. The zero-order chi connectivity index (χ0) is 14.8.